The zero-order chi connectivity index (χ0) is 13.9. The summed E-state index contributed by atoms with van der Waals surface area (Å²) in [5, 5.41) is 6.66. The summed E-state index contributed by atoms with van der Waals surface area (Å²) in [5.41, 5.74) is 2.74. The van der Waals surface area contributed by atoms with Gasteiger partial charge in [0.15, 0.2) is 0 Å². The maximum atomic E-state index is 11.3. The minimum atomic E-state index is 0.161. The summed E-state index contributed by atoms with van der Waals surface area (Å²) in [7, 11) is 0. The molecule has 2 aromatic heterocycles. The van der Waals surface area contributed by atoms with Gasteiger partial charge in [0, 0.05) is 38.0 Å². The van der Waals surface area contributed by atoms with Gasteiger partial charge in [-0.15, -0.1) is 0 Å². The average Bonchev–Trinajstić information content (AvgIpc) is 3.10. The third kappa shape index (κ3) is 2.68. The molecule has 2 aromatic rings. The van der Waals surface area contributed by atoms with Crippen molar-refractivity contribution < 1.29 is 4.79 Å². The van der Waals surface area contributed by atoms with Gasteiger partial charge in [-0.3, -0.25) is 19.9 Å². The first-order valence-electron chi connectivity index (χ1n) is 6.78. The van der Waals surface area contributed by atoms with Crippen molar-refractivity contribution in [2.24, 2.45) is 5.92 Å². The molecule has 0 radical (unpaired) electrons. The molecule has 6 heteroatoms. The predicted molar refractivity (Wildman–Crippen MR) is 73.7 cm³/mol. The molecule has 6 nitrogen and oxygen atoms in total. The molecule has 0 saturated carbocycles. The summed E-state index contributed by atoms with van der Waals surface area (Å²) in [5.74, 6) is 0.655. The third-order valence-electron chi connectivity index (χ3n) is 3.73. The van der Waals surface area contributed by atoms with Gasteiger partial charge < -0.3 is 4.90 Å². The number of hydrogen-bond acceptors (Lipinski definition) is 4. The zero-order valence-corrected chi connectivity index (χ0v) is 11.4. The molecular weight excluding hydrogens is 254 g/mol. The molecule has 20 heavy (non-hydrogen) atoms. The topological polar surface area (TPSA) is 74.8 Å². The third-order valence-corrected chi connectivity index (χ3v) is 3.73. The van der Waals surface area contributed by atoms with Crippen molar-refractivity contribution in [2.45, 2.75) is 19.8 Å². The first-order chi connectivity index (χ1) is 9.72. The lowest BCUT2D eigenvalue weighted by molar-refractivity contribution is -0.127. The van der Waals surface area contributed by atoms with E-state index in [2.05, 4.69) is 20.2 Å². The highest BCUT2D eigenvalue weighted by Crippen LogP contribution is 2.20. The lowest BCUT2D eigenvalue weighted by Crippen LogP contribution is -2.26. The Morgan fingerprint density at radius 3 is 2.90 bits per heavy atom. The fourth-order valence-electron chi connectivity index (χ4n) is 2.58. The van der Waals surface area contributed by atoms with Crippen molar-refractivity contribution in [3.8, 4) is 11.3 Å². The van der Waals surface area contributed by atoms with Crippen LogP contribution in [0.2, 0.25) is 0 Å². The van der Waals surface area contributed by atoms with Gasteiger partial charge in [-0.1, -0.05) is 0 Å². The van der Waals surface area contributed by atoms with Crippen molar-refractivity contribution >= 4 is 5.91 Å². The second kappa shape index (κ2) is 5.40. The highest BCUT2D eigenvalue weighted by molar-refractivity contribution is 5.73. The Balaban J connectivity index is 1.63. The van der Waals surface area contributed by atoms with Gasteiger partial charge in [-0.05, 0) is 18.8 Å². The van der Waals surface area contributed by atoms with Crippen molar-refractivity contribution in [3.05, 3.63) is 30.5 Å². The van der Waals surface area contributed by atoms with E-state index in [9.17, 15) is 4.79 Å². The molecule has 0 bridgehead atoms. The summed E-state index contributed by atoms with van der Waals surface area (Å²) >= 11 is 0. The van der Waals surface area contributed by atoms with Crippen LogP contribution in [0.5, 0.6) is 0 Å². The molecule has 104 valence electrons. The van der Waals surface area contributed by atoms with Gasteiger partial charge in [0.05, 0.1) is 23.8 Å². The number of rotatable bonds is 3. The quantitative estimate of drug-likeness (QED) is 0.912. The molecule has 1 saturated heterocycles. The van der Waals surface area contributed by atoms with Crippen LogP contribution in [0.3, 0.4) is 0 Å². The fraction of sp³-hybridized carbons (Fsp3) is 0.429. The highest BCUT2D eigenvalue weighted by atomic mass is 16.2. The standard InChI is InChI=1S/C14H17N5O/c1-10(20)19-3-2-11(9-19)4-13-7-16-14(8-15-13)12-5-17-18-6-12/h5-8,11H,2-4,9H2,1H3,(H,17,18). The van der Waals surface area contributed by atoms with Gasteiger partial charge >= 0.3 is 0 Å². The number of amides is 1. The number of hydrogen-bond donors (Lipinski definition) is 1. The predicted octanol–water partition coefficient (Wildman–Crippen LogP) is 1.28. The maximum absolute atomic E-state index is 11.3. The number of aromatic amines is 1. The molecule has 1 aliphatic rings. The van der Waals surface area contributed by atoms with E-state index in [1.54, 1.807) is 25.5 Å². The monoisotopic (exact) mass is 271 g/mol. The second-order valence-corrected chi connectivity index (χ2v) is 5.20. The molecule has 1 fully saturated rings. The second-order valence-electron chi connectivity index (χ2n) is 5.20. The highest BCUT2D eigenvalue weighted by Gasteiger charge is 2.24. The number of likely N-dealkylation sites (tertiary alicyclic amines) is 1. The van der Waals surface area contributed by atoms with Crippen molar-refractivity contribution in [1.82, 2.24) is 25.1 Å². The molecular formula is C14H17N5O. The molecule has 1 atom stereocenters. The fourth-order valence-corrected chi connectivity index (χ4v) is 2.58. The van der Waals surface area contributed by atoms with Crippen molar-refractivity contribution in [3.63, 3.8) is 0 Å². The minimum Gasteiger partial charge on any atom is -0.343 e. The normalized spacial score (nSPS) is 18.4. The summed E-state index contributed by atoms with van der Waals surface area (Å²) in [4.78, 5) is 22.1. The van der Waals surface area contributed by atoms with Crippen LogP contribution in [-0.2, 0) is 11.2 Å². The summed E-state index contributed by atoms with van der Waals surface area (Å²) in [6.45, 7) is 3.32. The molecule has 1 amide bonds. The van der Waals surface area contributed by atoms with E-state index in [1.807, 2.05) is 11.1 Å². The van der Waals surface area contributed by atoms with E-state index in [1.165, 1.54) is 0 Å². The van der Waals surface area contributed by atoms with Gasteiger partial charge in [0.1, 0.15) is 0 Å². The number of H-pyrrole nitrogens is 1. The lowest BCUT2D eigenvalue weighted by Gasteiger charge is -2.13. The number of nitrogens with zero attached hydrogens (tertiary/aromatic N) is 4. The first-order valence-corrected chi connectivity index (χ1v) is 6.78. The summed E-state index contributed by atoms with van der Waals surface area (Å²) in [6.07, 6.45) is 9.04. The largest absolute Gasteiger partial charge is 0.343 e. The van der Waals surface area contributed by atoms with Crippen LogP contribution in [0.15, 0.2) is 24.8 Å². The molecule has 1 aliphatic heterocycles. The first kappa shape index (κ1) is 12.8. The van der Waals surface area contributed by atoms with E-state index in [0.29, 0.717) is 5.92 Å². The Morgan fingerprint density at radius 2 is 2.30 bits per heavy atom. The lowest BCUT2D eigenvalue weighted by atomic mass is 10.0. The molecule has 0 aromatic carbocycles. The Kier molecular flexibility index (Phi) is 3.45. The number of carbonyl (C=O) groups excluding carboxylic acids is 1. The van der Waals surface area contributed by atoms with E-state index >= 15 is 0 Å². The van der Waals surface area contributed by atoms with E-state index in [4.69, 9.17) is 0 Å². The SMILES string of the molecule is CC(=O)N1CCC(Cc2cnc(-c3cn[nH]c3)cn2)C1. The van der Waals surface area contributed by atoms with Crippen LogP contribution < -0.4 is 0 Å². The van der Waals surface area contributed by atoms with Crippen LogP contribution >= 0.6 is 0 Å². The Hall–Kier alpha value is -2.24. The maximum Gasteiger partial charge on any atom is 0.219 e. The van der Waals surface area contributed by atoms with Crippen molar-refractivity contribution in [2.75, 3.05) is 13.1 Å². The number of aromatic nitrogens is 4. The Labute approximate surface area is 117 Å². The number of nitrogens with one attached hydrogen (secondary N) is 1. The van der Waals surface area contributed by atoms with Crippen LogP contribution in [0.1, 0.15) is 19.0 Å². The van der Waals surface area contributed by atoms with Crippen LogP contribution in [-0.4, -0.2) is 44.1 Å². The molecule has 1 N–H and O–H groups in total. The molecule has 3 heterocycles. The van der Waals surface area contributed by atoms with E-state index in [0.717, 1.165) is 42.9 Å². The van der Waals surface area contributed by atoms with Gasteiger partial charge in [0.2, 0.25) is 5.91 Å². The Bertz CT molecular complexity index is 578. The Morgan fingerprint density at radius 1 is 1.40 bits per heavy atom. The summed E-state index contributed by atoms with van der Waals surface area (Å²) in [6, 6.07) is 0. The van der Waals surface area contributed by atoms with Crippen LogP contribution in [0.25, 0.3) is 11.3 Å². The smallest absolute Gasteiger partial charge is 0.219 e. The van der Waals surface area contributed by atoms with Crippen molar-refractivity contribution in [1.29, 1.82) is 0 Å². The van der Waals surface area contributed by atoms with Crippen LogP contribution in [0, 0.1) is 5.92 Å². The zero-order valence-electron chi connectivity index (χ0n) is 11.4. The summed E-state index contributed by atoms with van der Waals surface area (Å²) < 4.78 is 0. The van der Waals surface area contributed by atoms with Gasteiger partial charge in [0.25, 0.3) is 0 Å². The van der Waals surface area contributed by atoms with E-state index in [-0.39, 0.29) is 5.91 Å². The van der Waals surface area contributed by atoms with Gasteiger partial charge in [-0.2, -0.15) is 5.10 Å². The van der Waals surface area contributed by atoms with Crippen LogP contribution in [0.4, 0.5) is 0 Å². The minimum absolute atomic E-state index is 0.161. The molecule has 0 spiro atoms. The molecule has 0 aliphatic carbocycles. The number of carbonyl (C=O) groups is 1. The molecule has 1 unspecified atom stereocenters. The average molecular weight is 271 g/mol. The van der Waals surface area contributed by atoms with Gasteiger partial charge in [-0.25, -0.2) is 0 Å². The molecule has 3 rings (SSSR count). The van der Waals surface area contributed by atoms with E-state index < -0.39 is 0 Å².